The lowest BCUT2D eigenvalue weighted by Crippen LogP contribution is -2.31. The molecule has 0 saturated carbocycles. The van der Waals surface area contributed by atoms with Gasteiger partial charge in [0.25, 0.3) is 0 Å². The Labute approximate surface area is 184 Å². The summed E-state index contributed by atoms with van der Waals surface area (Å²) >= 11 is 1.46. The number of carbonyl (C=O) groups is 1. The number of rotatable bonds is 4. The molecule has 0 spiro atoms. The van der Waals surface area contributed by atoms with Crippen molar-refractivity contribution in [2.75, 3.05) is 13.1 Å². The van der Waals surface area contributed by atoms with Crippen LogP contribution in [-0.2, 0) is 12.8 Å². The smallest absolute Gasteiger partial charge is 0.407 e. The molecule has 1 N–H and O–H groups in total. The molecule has 1 amide bonds. The first-order chi connectivity index (χ1) is 14.9. The van der Waals surface area contributed by atoms with Gasteiger partial charge in [-0.2, -0.15) is 5.26 Å². The van der Waals surface area contributed by atoms with E-state index < -0.39 is 6.09 Å². The van der Waals surface area contributed by atoms with Crippen LogP contribution in [0.2, 0.25) is 0 Å². The van der Waals surface area contributed by atoms with Crippen LogP contribution in [0.4, 0.5) is 4.79 Å². The molecule has 0 radical (unpaired) electrons. The second kappa shape index (κ2) is 8.74. The fourth-order valence-corrected chi connectivity index (χ4v) is 4.45. The summed E-state index contributed by atoms with van der Waals surface area (Å²) in [6.07, 6.45) is 0.514. The first-order valence-corrected chi connectivity index (χ1v) is 10.9. The van der Waals surface area contributed by atoms with Crippen LogP contribution in [-0.4, -0.2) is 45.5 Å². The summed E-state index contributed by atoms with van der Waals surface area (Å²) in [6, 6.07) is 13.8. The average Bonchev–Trinajstić information content (AvgIpc) is 3.14. The van der Waals surface area contributed by atoms with E-state index in [9.17, 15) is 15.2 Å². The van der Waals surface area contributed by atoms with E-state index in [-0.39, 0.29) is 6.10 Å². The van der Waals surface area contributed by atoms with Crippen LogP contribution in [0, 0.1) is 11.3 Å². The minimum atomic E-state index is -0.872. The van der Waals surface area contributed by atoms with E-state index in [1.807, 2.05) is 26.0 Å². The molecule has 158 valence electrons. The topological polar surface area (TPSA) is 99.3 Å². The normalized spacial score (nSPS) is 13.4. The molecule has 0 aliphatic carbocycles. The summed E-state index contributed by atoms with van der Waals surface area (Å²) in [7, 11) is 0. The minimum absolute atomic E-state index is 0.0122. The Morgan fingerprint density at radius 1 is 1.10 bits per heavy atom. The second-order valence-corrected chi connectivity index (χ2v) is 8.63. The van der Waals surface area contributed by atoms with Crippen molar-refractivity contribution in [3.05, 3.63) is 53.1 Å². The van der Waals surface area contributed by atoms with Crippen LogP contribution in [0.5, 0.6) is 5.75 Å². The van der Waals surface area contributed by atoms with Crippen LogP contribution in [0.3, 0.4) is 0 Å². The van der Waals surface area contributed by atoms with Gasteiger partial charge in [-0.1, -0.05) is 23.5 Å². The van der Waals surface area contributed by atoms with Gasteiger partial charge in [0, 0.05) is 24.2 Å². The maximum atomic E-state index is 11.3. The van der Waals surface area contributed by atoms with Crippen molar-refractivity contribution < 1.29 is 14.6 Å². The van der Waals surface area contributed by atoms with Crippen molar-refractivity contribution in [1.82, 2.24) is 15.1 Å². The molecule has 8 heteroatoms. The number of aromatic nitrogens is 2. The molecule has 0 fully saturated rings. The number of nitrogens with zero attached hydrogens (tertiary/aromatic N) is 4. The van der Waals surface area contributed by atoms with Crippen LogP contribution in [0.15, 0.2) is 36.4 Å². The van der Waals surface area contributed by atoms with Gasteiger partial charge in [-0.3, -0.25) is 0 Å². The molecule has 2 aromatic carbocycles. The highest BCUT2D eigenvalue weighted by Gasteiger charge is 2.19. The Hall–Kier alpha value is -3.44. The van der Waals surface area contributed by atoms with Gasteiger partial charge in [0.05, 0.1) is 11.7 Å². The molecule has 4 rings (SSSR count). The van der Waals surface area contributed by atoms with Gasteiger partial charge < -0.3 is 14.7 Å². The summed E-state index contributed by atoms with van der Waals surface area (Å²) in [4.78, 5) is 12.7. The molecule has 1 aliphatic rings. The lowest BCUT2D eigenvalue weighted by atomic mass is 10.0. The van der Waals surface area contributed by atoms with Crippen LogP contribution in [0.25, 0.3) is 21.1 Å². The molecule has 2 heterocycles. The molecule has 0 unspecified atom stereocenters. The first-order valence-electron chi connectivity index (χ1n) is 10.1. The van der Waals surface area contributed by atoms with E-state index in [0.29, 0.717) is 37.2 Å². The molecular weight excluding hydrogens is 412 g/mol. The summed E-state index contributed by atoms with van der Waals surface area (Å²) in [5, 5.41) is 28.9. The largest absolute Gasteiger partial charge is 0.490 e. The van der Waals surface area contributed by atoms with Gasteiger partial charge in [0.2, 0.25) is 0 Å². The van der Waals surface area contributed by atoms with E-state index in [1.165, 1.54) is 21.8 Å². The van der Waals surface area contributed by atoms with Crippen molar-refractivity contribution in [3.63, 3.8) is 0 Å². The van der Waals surface area contributed by atoms with E-state index in [4.69, 9.17) is 4.74 Å². The van der Waals surface area contributed by atoms with Crippen molar-refractivity contribution in [3.8, 4) is 33.0 Å². The summed E-state index contributed by atoms with van der Waals surface area (Å²) < 4.78 is 5.69. The summed E-state index contributed by atoms with van der Waals surface area (Å²) in [5.74, 6) is 0.562. The average molecular weight is 435 g/mol. The standard InChI is InChI=1S/C23H22N4O3S/c1-14(2)30-20-6-5-18(12-19(20)13-24)22-26-25-21(31-22)17-4-3-15-7-9-27(23(28)29)10-8-16(15)11-17/h3-6,11-12,14H,7-10H2,1-2H3,(H,28,29). The number of benzene rings is 2. The molecule has 0 bridgehead atoms. The Kier molecular flexibility index (Phi) is 5.87. The molecule has 3 aromatic rings. The first kappa shape index (κ1) is 20.8. The predicted molar refractivity (Wildman–Crippen MR) is 118 cm³/mol. The number of fused-ring (bicyclic) bond motifs is 1. The number of hydrogen-bond acceptors (Lipinski definition) is 6. The molecule has 1 aliphatic heterocycles. The third kappa shape index (κ3) is 4.52. The lowest BCUT2D eigenvalue weighted by molar-refractivity contribution is 0.147. The fraction of sp³-hybridized carbons (Fsp3) is 0.304. The van der Waals surface area contributed by atoms with Crippen molar-refractivity contribution in [2.45, 2.75) is 32.8 Å². The third-order valence-electron chi connectivity index (χ3n) is 5.16. The van der Waals surface area contributed by atoms with Gasteiger partial charge in [-0.05, 0) is 62.1 Å². The van der Waals surface area contributed by atoms with Gasteiger partial charge in [-0.25, -0.2) is 4.79 Å². The zero-order chi connectivity index (χ0) is 22.0. The third-order valence-corrected chi connectivity index (χ3v) is 6.18. The maximum Gasteiger partial charge on any atom is 0.407 e. The number of amides is 1. The van der Waals surface area contributed by atoms with Crippen molar-refractivity contribution in [1.29, 1.82) is 5.26 Å². The quantitative estimate of drug-likeness (QED) is 0.644. The van der Waals surface area contributed by atoms with Crippen molar-refractivity contribution >= 4 is 17.4 Å². The second-order valence-electron chi connectivity index (χ2n) is 7.65. The highest BCUT2D eigenvalue weighted by molar-refractivity contribution is 7.17. The van der Waals surface area contributed by atoms with Gasteiger partial charge >= 0.3 is 6.09 Å². The maximum absolute atomic E-state index is 11.3. The van der Waals surface area contributed by atoms with Gasteiger partial charge in [-0.15, -0.1) is 10.2 Å². The highest BCUT2D eigenvalue weighted by atomic mass is 32.1. The zero-order valence-electron chi connectivity index (χ0n) is 17.3. The monoisotopic (exact) mass is 434 g/mol. The molecule has 7 nitrogen and oxygen atoms in total. The summed E-state index contributed by atoms with van der Waals surface area (Å²) in [6.45, 7) is 4.86. The number of carboxylic acid groups (broad SMARTS) is 1. The molecule has 0 saturated heterocycles. The van der Waals surface area contributed by atoms with E-state index in [0.717, 1.165) is 26.7 Å². The molecule has 0 atom stereocenters. The predicted octanol–water partition coefficient (Wildman–Crippen LogP) is 4.61. The Bertz CT molecular complexity index is 1170. The highest BCUT2D eigenvalue weighted by Crippen LogP contribution is 2.33. The van der Waals surface area contributed by atoms with E-state index >= 15 is 0 Å². The number of hydrogen-bond donors (Lipinski definition) is 1. The Morgan fingerprint density at radius 2 is 1.74 bits per heavy atom. The SMILES string of the molecule is CC(C)Oc1ccc(-c2nnc(-c3ccc4c(c3)CCN(C(=O)O)CC4)s2)cc1C#N. The van der Waals surface area contributed by atoms with Gasteiger partial charge in [0.1, 0.15) is 21.8 Å². The van der Waals surface area contributed by atoms with Crippen molar-refractivity contribution in [2.24, 2.45) is 0 Å². The lowest BCUT2D eigenvalue weighted by Gasteiger charge is -2.14. The number of ether oxygens (including phenoxy) is 1. The van der Waals surface area contributed by atoms with E-state index in [1.54, 1.807) is 12.1 Å². The van der Waals surface area contributed by atoms with Crippen LogP contribution >= 0.6 is 11.3 Å². The number of nitriles is 1. The molecule has 31 heavy (non-hydrogen) atoms. The fourth-order valence-electron chi connectivity index (χ4n) is 3.61. The summed E-state index contributed by atoms with van der Waals surface area (Å²) in [5.41, 5.74) is 4.59. The van der Waals surface area contributed by atoms with Crippen LogP contribution < -0.4 is 4.74 Å². The minimum Gasteiger partial charge on any atom is -0.490 e. The van der Waals surface area contributed by atoms with E-state index in [2.05, 4.69) is 28.4 Å². The zero-order valence-corrected chi connectivity index (χ0v) is 18.1. The Balaban J connectivity index is 1.59. The Morgan fingerprint density at radius 3 is 2.39 bits per heavy atom. The molecule has 1 aromatic heterocycles. The molecular formula is C23H22N4O3S. The van der Waals surface area contributed by atoms with Crippen LogP contribution in [0.1, 0.15) is 30.5 Å². The van der Waals surface area contributed by atoms with Gasteiger partial charge in [0.15, 0.2) is 0 Å².